The Morgan fingerprint density at radius 3 is 0.810 bits per heavy atom. The highest BCUT2D eigenvalue weighted by Gasteiger charge is 2.14. The maximum Gasteiger partial charge on any atom is 0.121 e. The lowest BCUT2D eigenvalue weighted by molar-refractivity contribution is 0.809. The van der Waals surface area contributed by atoms with Gasteiger partial charge >= 0.3 is 0 Å². The first-order chi connectivity index (χ1) is 20.8. The topological polar surface area (TPSA) is 49.4 Å². The van der Waals surface area contributed by atoms with Gasteiger partial charge in [-0.2, -0.15) is 20.5 Å². The van der Waals surface area contributed by atoms with E-state index >= 15 is 0 Å². The molecule has 6 aromatic carbocycles. The Labute approximate surface area is 246 Å². The molecule has 4 nitrogen and oxygen atoms in total. The molecule has 0 radical (unpaired) electrons. The van der Waals surface area contributed by atoms with Crippen LogP contribution in [0.15, 0.2) is 190 Å². The second kappa shape index (κ2) is 13.2. The number of rotatable bonds is 9. The summed E-state index contributed by atoms with van der Waals surface area (Å²) in [5, 5.41) is 18.7. The van der Waals surface area contributed by atoms with Crippen LogP contribution in [0.1, 0.15) is 34.3 Å². The van der Waals surface area contributed by atoms with E-state index in [1.165, 1.54) is 0 Å². The van der Waals surface area contributed by atoms with Crippen LogP contribution in [0.5, 0.6) is 0 Å². The molecule has 0 bridgehead atoms. The average Bonchev–Trinajstić information content (AvgIpc) is 3.08. The van der Waals surface area contributed by atoms with Crippen LogP contribution < -0.4 is 0 Å². The number of benzene rings is 6. The summed E-state index contributed by atoms with van der Waals surface area (Å²) in [5.41, 5.74) is 8.28. The zero-order chi connectivity index (χ0) is 28.4. The van der Waals surface area contributed by atoms with Gasteiger partial charge in [0, 0.05) is 0 Å². The maximum absolute atomic E-state index is 4.73. The van der Waals surface area contributed by atoms with E-state index in [1.54, 1.807) is 0 Å². The molecule has 0 heterocycles. The van der Waals surface area contributed by atoms with Crippen molar-refractivity contribution in [3.8, 4) is 11.1 Å². The summed E-state index contributed by atoms with van der Waals surface area (Å²) in [4.78, 5) is 0. The van der Waals surface area contributed by atoms with E-state index < -0.39 is 0 Å². The molecule has 0 aliphatic rings. The van der Waals surface area contributed by atoms with Crippen molar-refractivity contribution in [2.75, 3.05) is 0 Å². The van der Waals surface area contributed by atoms with E-state index in [1.807, 2.05) is 97.1 Å². The Morgan fingerprint density at radius 2 is 0.548 bits per heavy atom. The standard InChI is InChI=1S/C38H30N4/c1-5-13-31(14-6-1)37(32-15-7-2-8-16-32)41-39-35-25-21-29(22-26-35)30-23-27-36(28-24-30)40-42-38(33-17-9-3-10-18-33)34-19-11-4-12-20-34/h1-28,37-38H. The molecule has 0 aliphatic heterocycles. The minimum Gasteiger partial charge on any atom is -0.176 e. The van der Waals surface area contributed by atoms with Crippen molar-refractivity contribution in [2.45, 2.75) is 12.1 Å². The Bertz CT molecular complexity index is 1520. The van der Waals surface area contributed by atoms with Crippen molar-refractivity contribution >= 4 is 11.4 Å². The molecule has 6 rings (SSSR count). The Hall–Kier alpha value is -5.48. The van der Waals surface area contributed by atoms with Crippen LogP contribution in [-0.4, -0.2) is 0 Å². The molecule has 4 heteroatoms. The van der Waals surface area contributed by atoms with Gasteiger partial charge in [0.25, 0.3) is 0 Å². The Kier molecular flexibility index (Phi) is 8.43. The van der Waals surface area contributed by atoms with Gasteiger partial charge < -0.3 is 0 Å². The van der Waals surface area contributed by atoms with Crippen molar-refractivity contribution in [1.29, 1.82) is 0 Å². The monoisotopic (exact) mass is 542 g/mol. The molecular weight excluding hydrogens is 512 g/mol. The van der Waals surface area contributed by atoms with E-state index in [2.05, 4.69) is 83.0 Å². The molecule has 0 spiro atoms. The fourth-order valence-corrected chi connectivity index (χ4v) is 4.88. The van der Waals surface area contributed by atoms with Crippen LogP contribution in [0.2, 0.25) is 0 Å². The Balaban J connectivity index is 1.17. The molecule has 202 valence electrons. The second-order valence-electron chi connectivity index (χ2n) is 9.97. The van der Waals surface area contributed by atoms with Crippen molar-refractivity contribution in [2.24, 2.45) is 20.5 Å². The molecular formula is C38H30N4. The smallest absolute Gasteiger partial charge is 0.121 e. The van der Waals surface area contributed by atoms with Gasteiger partial charge in [-0.25, -0.2) is 0 Å². The minimum atomic E-state index is -0.155. The highest BCUT2D eigenvalue weighted by atomic mass is 15.1. The van der Waals surface area contributed by atoms with E-state index in [0.29, 0.717) is 0 Å². The summed E-state index contributed by atoms with van der Waals surface area (Å²) in [7, 11) is 0. The number of hydrogen-bond donors (Lipinski definition) is 0. The van der Waals surface area contributed by atoms with Gasteiger partial charge in [-0.15, -0.1) is 0 Å². The summed E-state index contributed by atoms with van der Waals surface area (Å²) in [5.74, 6) is 0. The van der Waals surface area contributed by atoms with E-state index in [0.717, 1.165) is 44.8 Å². The average molecular weight is 543 g/mol. The number of hydrogen-bond acceptors (Lipinski definition) is 4. The Morgan fingerprint density at radius 1 is 0.286 bits per heavy atom. The van der Waals surface area contributed by atoms with Gasteiger partial charge in [0.05, 0.1) is 11.4 Å². The fourth-order valence-electron chi connectivity index (χ4n) is 4.88. The molecule has 0 amide bonds. The van der Waals surface area contributed by atoms with Crippen LogP contribution >= 0.6 is 0 Å². The third-order valence-corrected chi connectivity index (χ3v) is 7.11. The van der Waals surface area contributed by atoms with Crippen molar-refractivity contribution in [3.05, 3.63) is 192 Å². The normalized spacial score (nSPS) is 11.6. The lowest BCUT2D eigenvalue weighted by Crippen LogP contribution is -1.96. The van der Waals surface area contributed by atoms with Gasteiger partial charge in [0.15, 0.2) is 0 Å². The first kappa shape index (κ1) is 26.7. The lowest BCUT2D eigenvalue weighted by atomic mass is 10.00. The molecule has 0 unspecified atom stereocenters. The predicted octanol–water partition coefficient (Wildman–Crippen LogP) is 11.1. The largest absolute Gasteiger partial charge is 0.176 e. The first-order valence-corrected chi connectivity index (χ1v) is 14.1. The van der Waals surface area contributed by atoms with E-state index in [4.69, 9.17) is 10.2 Å². The van der Waals surface area contributed by atoms with Crippen molar-refractivity contribution in [3.63, 3.8) is 0 Å². The molecule has 0 saturated carbocycles. The van der Waals surface area contributed by atoms with Gasteiger partial charge in [0.2, 0.25) is 0 Å². The van der Waals surface area contributed by atoms with Gasteiger partial charge in [-0.1, -0.05) is 146 Å². The van der Waals surface area contributed by atoms with E-state index in [9.17, 15) is 0 Å². The van der Waals surface area contributed by atoms with Gasteiger partial charge in [-0.05, 0) is 57.6 Å². The van der Waals surface area contributed by atoms with Crippen LogP contribution in [0.4, 0.5) is 11.4 Å². The highest BCUT2D eigenvalue weighted by molar-refractivity contribution is 5.67. The summed E-state index contributed by atoms with van der Waals surface area (Å²) in [6.45, 7) is 0. The molecule has 0 aliphatic carbocycles. The number of azo groups is 2. The van der Waals surface area contributed by atoms with Crippen molar-refractivity contribution in [1.82, 2.24) is 0 Å². The molecule has 0 saturated heterocycles. The maximum atomic E-state index is 4.73. The third-order valence-electron chi connectivity index (χ3n) is 7.11. The molecule has 0 fully saturated rings. The summed E-state index contributed by atoms with van der Waals surface area (Å²) in [6, 6.07) is 57.1. The molecule has 0 atom stereocenters. The molecule has 0 aromatic heterocycles. The SMILES string of the molecule is c1ccc(C(N=Nc2ccc(-c3ccc(N=NC(c4ccccc4)c4ccccc4)cc3)cc2)c2ccccc2)cc1. The molecule has 42 heavy (non-hydrogen) atoms. The number of nitrogens with zero attached hydrogens (tertiary/aromatic N) is 4. The third kappa shape index (κ3) is 6.62. The molecule has 0 N–H and O–H groups in total. The van der Waals surface area contributed by atoms with Crippen LogP contribution in [0.3, 0.4) is 0 Å². The fraction of sp³-hybridized carbons (Fsp3) is 0.0526. The van der Waals surface area contributed by atoms with Crippen LogP contribution in [0, 0.1) is 0 Å². The first-order valence-electron chi connectivity index (χ1n) is 14.1. The summed E-state index contributed by atoms with van der Waals surface area (Å²) >= 11 is 0. The summed E-state index contributed by atoms with van der Waals surface area (Å²) < 4.78 is 0. The van der Waals surface area contributed by atoms with Crippen LogP contribution in [-0.2, 0) is 0 Å². The van der Waals surface area contributed by atoms with E-state index in [-0.39, 0.29) is 12.1 Å². The van der Waals surface area contributed by atoms with Gasteiger partial charge in [0.1, 0.15) is 12.1 Å². The summed E-state index contributed by atoms with van der Waals surface area (Å²) in [6.07, 6.45) is 0. The minimum absolute atomic E-state index is 0.155. The van der Waals surface area contributed by atoms with Gasteiger partial charge in [-0.3, -0.25) is 0 Å². The second-order valence-corrected chi connectivity index (χ2v) is 9.97. The highest BCUT2D eigenvalue weighted by Crippen LogP contribution is 2.31. The predicted molar refractivity (Wildman–Crippen MR) is 170 cm³/mol. The quantitative estimate of drug-likeness (QED) is 0.163. The molecule has 6 aromatic rings. The van der Waals surface area contributed by atoms with Crippen molar-refractivity contribution < 1.29 is 0 Å². The van der Waals surface area contributed by atoms with Crippen LogP contribution in [0.25, 0.3) is 11.1 Å². The lowest BCUT2D eigenvalue weighted by Gasteiger charge is -2.12. The zero-order valence-electron chi connectivity index (χ0n) is 23.1. The zero-order valence-corrected chi connectivity index (χ0v) is 23.1.